The number of nitrogens with one attached hydrogen (secondary N) is 2. The smallest absolute Gasteiger partial charge is 0.249 e. The molecule has 2 saturated heterocycles. The zero-order valence-electron chi connectivity index (χ0n) is 30.7. The number of hydrogen-bond acceptors (Lipinski definition) is 5. The second-order valence-electron chi connectivity index (χ2n) is 16.0. The maximum atomic E-state index is 14.2. The first-order chi connectivity index (χ1) is 21.5. The highest BCUT2D eigenvalue weighted by Crippen LogP contribution is 2.29. The Morgan fingerprint density at radius 3 is 1.96 bits per heavy atom. The molecule has 4 amide bonds. The summed E-state index contributed by atoms with van der Waals surface area (Å²) in [5.74, 6) is 0.0656. The summed E-state index contributed by atoms with van der Waals surface area (Å²) in [6, 6.07) is -1.43. The Kier molecular flexibility index (Phi) is 13.7. The average molecular weight is 644 g/mol. The summed E-state index contributed by atoms with van der Waals surface area (Å²) in [7, 11) is 1.77. The molecule has 46 heavy (non-hydrogen) atoms. The van der Waals surface area contributed by atoms with Crippen molar-refractivity contribution in [1.82, 2.24) is 25.3 Å². The molecule has 0 aromatic carbocycles. The molecule has 1 saturated carbocycles. The third-order valence-electron chi connectivity index (χ3n) is 10.7. The average Bonchev–Trinajstić information content (AvgIpc) is 3.51. The highest BCUT2D eigenvalue weighted by Gasteiger charge is 2.41. The maximum Gasteiger partial charge on any atom is 0.249 e. The second-order valence-corrected chi connectivity index (χ2v) is 16.0. The Bertz CT molecular complexity index is 1090. The number of rotatable bonds is 11. The Labute approximate surface area is 279 Å². The number of nitrogens with zero attached hydrogens (tertiary/aromatic N) is 3. The fourth-order valence-electron chi connectivity index (χ4n) is 7.75. The van der Waals surface area contributed by atoms with Crippen LogP contribution in [0.1, 0.15) is 127 Å². The molecule has 0 aromatic rings. The fraction of sp³-hybridized carbons (Fsp3) is 0.838. The molecule has 1 aliphatic carbocycles. The lowest BCUT2D eigenvalue weighted by Crippen LogP contribution is -2.60. The normalized spacial score (nSPS) is 24.1. The third kappa shape index (κ3) is 9.57. The van der Waals surface area contributed by atoms with E-state index in [1.54, 1.807) is 23.8 Å². The van der Waals surface area contributed by atoms with Crippen molar-refractivity contribution < 1.29 is 19.2 Å². The fourth-order valence-corrected chi connectivity index (χ4v) is 7.75. The number of hydrogen-bond donors (Lipinski definition) is 2. The van der Waals surface area contributed by atoms with E-state index in [9.17, 15) is 19.2 Å². The Morgan fingerprint density at radius 1 is 0.783 bits per heavy atom. The van der Waals surface area contributed by atoms with Crippen LogP contribution >= 0.6 is 0 Å². The molecule has 0 radical (unpaired) electrons. The van der Waals surface area contributed by atoms with E-state index >= 15 is 0 Å². The standard InChI is InChI=1S/C37H65N5O4/c1-24(2)31(40(10)36(46)32(37(7,8)9)39-34(44)29-19-14-15-21-41(29)25(3)4)23-26(5)35(45)42-22-16-20-30(42)33(43)38-27(6)28-17-12-11-13-18-28/h23-25,27-32H,11-22H2,1-10H3,(H,38,43)(H,39,44)/b26-23+/t27-,29+,30?,31+,32?/m0/s1. The monoisotopic (exact) mass is 644 g/mol. The van der Waals surface area contributed by atoms with E-state index in [0.717, 1.165) is 45.1 Å². The van der Waals surface area contributed by atoms with Crippen LogP contribution in [0, 0.1) is 17.3 Å². The minimum absolute atomic E-state index is 0.0248. The molecule has 3 rings (SSSR count). The van der Waals surface area contributed by atoms with Gasteiger partial charge in [0.25, 0.3) is 0 Å². The van der Waals surface area contributed by atoms with Crippen molar-refractivity contribution in [2.75, 3.05) is 20.1 Å². The van der Waals surface area contributed by atoms with Gasteiger partial charge in [-0.15, -0.1) is 0 Å². The number of carbonyl (C=O) groups is 4. The predicted molar refractivity (Wildman–Crippen MR) is 185 cm³/mol. The molecule has 2 unspecified atom stereocenters. The molecule has 2 heterocycles. The van der Waals surface area contributed by atoms with Crippen LogP contribution in [0.25, 0.3) is 0 Å². The number of likely N-dealkylation sites (N-methyl/N-ethyl adjacent to an activating group) is 1. The molecule has 3 fully saturated rings. The molecule has 5 atom stereocenters. The maximum absolute atomic E-state index is 14.2. The van der Waals surface area contributed by atoms with Crippen LogP contribution < -0.4 is 10.6 Å². The molecular weight excluding hydrogens is 578 g/mol. The molecule has 9 nitrogen and oxygen atoms in total. The summed E-state index contributed by atoms with van der Waals surface area (Å²) in [4.78, 5) is 60.7. The zero-order chi connectivity index (χ0) is 34.3. The molecule has 262 valence electrons. The van der Waals surface area contributed by atoms with Crippen molar-refractivity contribution >= 4 is 23.6 Å². The van der Waals surface area contributed by atoms with Crippen LogP contribution in [0.4, 0.5) is 0 Å². The summed E-state index contributed by atoms with van der Waals surface area (Å²) in [5, 5.41) is 6.39. The molecule has 3 aliphatic rings. The van der Waals surface area contributed by atoms with Crippen LogP contribution in [-0.4, -0.2) is 94.7 Å². The van der Waals surface area contributed by atoms with Crippen molar-refractivity contribution in [3.8, 4) is 0 Å². The van der Waals surface area contributed by atoms with Crippen molar-refractivity contribution in [1.29, 1.82) is 0 Å². The summed E-state index contributed by atoms with van der Waals surface area (Å²) in [5.41, 5.74) is 0.0174. The van der Waals surface area contributed by atoms with Gasteiger partial charge in [0.2, 0.25) is 23.6 Å². The van der Waals surface area contributed by atoms with Crippen LogP contribution in [0.3, 0.4) is 0 Å². The van der Waals surface area contributed by atoms with Crippen LogP contribution in [0.5, 0.6) is 0 Å². The first-order valence-corrected chi connectivity index (χ1v) is 18.2. The van der Waals surface area contributed by atoms with E-state index in [2.05, 4.69) is 36.3 Å². The quantitative estimate of drug-likeness (QED) is 0.298. The van der Waals surface area contributed by atoms with E-state index in [-0.39, 0.29) is 53.7 Å². The summed E-state index contributed by atoms with van der Waals surface area (Å²) in [6.07, 6.45) is 12.2. The van der Waals surface area contributed by atoms with Crippen LogP contribution in [0.15, 0.2) is 11.6 Å². The first-order valence-electron chi connectivity index (χ1n) is 18.2. The molecule has 0 aromatic heterocycles. The van der Waals surface area contributed by atoms with Gasteiger partial charge in [0.05, 0.1) is 12.1 Å². The van der Waals surface area contributed by atoms with Crippen molar-refractivity contribution in [2.45, 2.75) is 163 Å². The van der Waals surface area contributed by atoms with Gasteiger partial charge in [-0.05, 0) is 90.0 Å². The van der Waals surface area contributed by atoms with Gasteiger partial charge in [0.15, 0.2) is 0 Å². The van der Waals surface area contributed by atoms with E-state index in [1.807, 2.05) is 40.7 Å². The highest BCUT2D eigenvalue weighted by molar-refractivity contribution is 5.97. The Balaban J connectivity index is 1.74. The van der Waals surface area contributed by atoms with Gasteiger partial charge in [-0.1, -0.05) is 66.4 Å². The molecule has 9 heteroatoms. The topological polar surface area (TPSA) is 102 Å². The summed E-state index contributed by atoms with van der Waals surface area (Å²) in [6.45, 7) is 19.6. The van der Waals surface area contributed by atoms with Gasteiger partial charge in [-0.3, -0.25) is 24.1 Å². The highest BCUT2D eigenvalue weighted by atomic mass is 16.2. The Hall–Kier alpha value is -2.42. The third-order valence-corrected chi connectivity index (χ3v) is 10.7. The van der Waals surface area contributed by atoms with Crippen molar-refractivity contribution in [3.05, 3.63) is 11.6 Å². The molecular formula is C37H65N5O4. The molecule has 2 aliphatic heterocycles. The van der Waals surface area contributed by atoms with Crippen LogP contribution in [-0.2, 0) is 19.2 Å². The number of carbonyl (C=O) groups excluding carboxylic acids is 4. The van der Waals surface area contributed by atoms with E-state index in [1.165, 1.54) is 19.3 Å². The van der Waals surface area contributed by atoms with Gasteiger partial charge in [-0.2, -0.15) is 0 Å². The van der Waals surface area contributed by atoms with E-state index < -0.39 is 17.5 Å². The van der Waals surface area contributed by atoms with Gasteiger partial charge in [0, 0.05) is 31.2 Å². The number of likely N-dealkylation sites (tertiary alicyclic amines) is 2. The van der Waals surface area contributed by atoms with Gasteiger partial charge >= 0.3 is 0 Å². The lowest BCUT2D eigenvalue weighted by atomic mass is 9.84. The predicted octanol–water partition coefficient (Wildman–Crippen LogP) is 5.29. The van der Waals surface area contributed by atoms with Gasteiger partial charge in [0.1, 0.15) is 12.1 Å². The molecule has 0 bridgehead atoms. The van der Waals surface area contributed by atoms with Crippen molar-refractivity contribution in [3.63, 3.8) is 0 Å². The van der Waals surface area contributed by atoms with Gasteiger partial charge in [-0.25, -0.2) is 0 Å². The summed E-state index contributed by atoms with van der Waals surface area (Å²) >= 11 is 0. The SMILES string of the molecule is C/C(=C\[C@H](C(C)C)N(C)C(=O)C(NC(=O)[C@H]1CCCCN1C(C)C)C(C)(C)C)C(=O)N1CCCC1C(=O)N[C@@H](C)C1CCCCC1. The molecule has 2 N–H and O–H groups in total. The minimum Gasteiger partial charge on any atom is -0.352 e. The second kappa shape index (κ2) is 16.6. The largest absolute Gasteiger partial charge is 0.352 e. The lowest BCUT2D eigenvalue weighted by molar-refractivity contribution is -0.142. The minimum atomic E-state index is -0.718. The van der Waals surface area contributed by atoms with Crippen molar-refractivity contribution in [2.24, 2.45) is 17.3 Å². The Morgan fingerprint density at radius 2 is 1.37 bits per heavy atom. The van der Waals surface area contributed by atoms with E-state index in [0.29, 0.717) is 24.5 Å². The number of amides is 4. The molecule has 0 spiro atoms. The lowest BCUT2D eigenvalue weighted by Gasteiger charge is -2.41. The summed E-state index contributed by atoms with van der Waals surface area (Å²) < 4.78 is 0. The van der Waals surface area contributed by atoms with E-state index in [4.69, 9.17) is 0 Å². The van der Waals surface area contributed by atoms with Crippen LogP contribution in [0.2, 0.25) is 0 Å². The first kappa shape index (κ1) is 38.0. The number of piperidine rings is 1. The van der Waals surface area contributed by atoms with Gasteiger partial charge < -0.3 is 20.4 Å². The zero-order valence-corrected chi connectivity index (χ0v) is 30.7.